The van der Waals surface area contributed by atoms with Gasteiger partial charge in [0.2, 0.25) is 0 Å². The SMILES string of the molecule is c1ccc2c(N(c3ccc(-c4ccc5c(c4)c4ccccc4n5-c4cccc5c4oc4ccccc45)cc3)c3ccc4c(c3)oc3ccccc34)cccc2c1. The van der Waals surface area contributed by atoms with Gasteiger partial charge < -0.3 is 18.3 Å². The quantitative estimate of drug-likeness (QED) is 0.178. The molecule has 0 atom stereocenters. The lowest BCUT2D eigenvalue weighted by Crippen LogP contribution is -2.10. The maximum Gasteiger partial charge on any atom is 0.159 e. The number of anilines is 3. The molecule has 3 heterocycles. The van der Waals surface area contributed by atoms with Crippen molar-refractivity contribution < 1.29 is 8.83 Å². The molecular weight excluding hydrogens is 685 g/mol. The van der Waals surface area contributed by atoms with Crippen LogP contribution in [-0.4, -0.2) is 4.57 Å². The zero-order chi connectivity index (χ0) is 36.7. The van der Waals surface area contributed by atoms with Crippen molar-refractivity contribution in [1.82, 2.24) is 4.57 Å². The number of aromatic nitrogens is 1. The lowest BCUT2D eigenvalue weighted by molar-refractivity contribution is 0.666. The minimum absolute atomic E-state index is 0.870. The van der Waals surface area contributed by atoms with E-state index in [1.165, 1.54) is 21.5 Å². The Morgan fingerprint density at radius 1 is 0.357 bits per heavy atom. The van der Waals surface area contributed by atoms with Gasteiger partial charge in [0.15, 0.2) is 5.58 Å². The molecule has 0 amide bonds. The normalized spacial score (nSPS) is 11.9. The van der Waals surface area contributed by atoms with Gasteiger partial charge in [-0.15, -0.1) is 0 Å². The molecule has 0 radical (unpaired) electrons. The summed E-state index contributed by atoms with van der Waals surface area (Å²) < 4.78 is 15.2. The van der Waals surface area contributed by atoms with E-state index >= 15 is 0 Å². The van der Waals surface area contributed by atoms with Crippen LogP contribution in [0.4, 0.5) is 17.1 Å². The zero-order valence-corrected chi connectivity index (χ0v) is 30.2. The van der Waals surface area contributed by atoms with Crippen LogP contribution < -0.4 is 4.90 Å². The molecule has 9 aromatic carbocycles. The highest BCUT2D eigenvalue weighted by Gasteiger charge is 2.20. The van der Waals surface area contributed by atoms with Crippen LogP contribution in [0, 0.1) is 0 Å². The van der Waals surface area contributed by atoms with E-state index in [1.807, 2.05) is 24.3 Å². The largest absolute Gasteiger partial charge is 0.456 e. The van der Waals surface area contributed by atoms with Crippen molar-refractivity contribution in [1.29, 1.82) is 0 Å². The fraction of sp³-hybridized carbons (Fsp3) is 0. The van der Waals surface area contributed by atoms with Crippen LogP contribution in [0.3, 0.4) is 0 Å². The van der Waals surface area contributed by atoms with Gasteiger partial charge in [-0.3, -0.25) is 0 Å². The molecule has 0 saturated carbocycles. The third-order valence-electron chi connectivity index (χ3n) is 11.4. The van der Waals surface area contributed by atoms with Crippen molar-refractivity contribution in [2.24, 2.45) is 0 Å². The Kier molecular flexibility index (Phi) is 6.60. The van der Waals surface area contributed by atoms with Gasteiger partial charge in [-0.2, -0.15) is 0 Å². The number of hydrogen-bond acceptors (Lipinski definition) is 3. The van der Waals surface area contributed by atoms with E-state index in [-0.39, 0.29) is 0 Å². The van der Waals surface area contributed by atoms with E-state index in [0.717, 1.165) is 88.8 Å². The van der Waals surface area contributed by atoms with E-state index in [2.05, 4.69) is 179 Å². The Hall–Kier alpha value is -7.56. The minimum atomic E-state index is 0.870. The van der Waals surface area contributed by atoms with Crippen LogP contribution in [0.2, 0.25) is 0 Å². The van der Waals surface area contributed by atoms with Crippen molar-refractivity contribution in [2.45, 2.75) is 0 Å². The molecule has 12 aromatic rings. The molecule has 0 unspecified atom stereocenters. The van der Waals surface area contributed by atoms with E-state index in [4.69, 9.17) is 8.83 Å². The molecule has 0 aliphatic carbocycles. The fourth-order valence-corrected chi connectivity index (χ4v) is 8.81. The minimum Gasteiger partial charge on any atom is -0.456 e. The molecule has 0 aliphatic rings. The lowest BCUT2D eigenvalue weighted by atomic mass is 10.0. The summed E-state index contributed by atoms with van der Waals surface area (Å²) in [5, 5.41) is 9.28. The highest BCUT2D eigenvalue weighted by atomic mass is 16.3. The predicted molar refractivity (Wildman–Crippen MR) is 233 cm³/mol. The molecule has 0 N–H and O–H groups in total. The van der Waals surface area contributed by atoms with Gasteiger partial charge in [0, 0.05) is 55.1 Å². The average molecular weight is 717 g/mol. The summed E-state index contributed by atoms with van der Waals surface area (Å²) in [6.45, 7) is 0. The van der Waals surface area contributed by atoms with Crippen molar-refractivity contribution in [3.8, 4) is 16.8 Å². The summed E-state index contributed by atoms with van der Waals surface area (Å²) in [5.41, 5.74) is 12.4. The van der Waals surface area contributed by atoms with Gasteiger partial charge in [-0.1, -0.05) is 121 Å². The molecular formula is C52H32N2O2. The highest BCUT2D eigenvalue weighted by Crippen LogP contribution is 2.43. The number of fused-ring (bicyclic) bond motifs is 10. The maximum atomic E-state index is 6.52. The first-order valence-electron chi connectivity index (χ1n) is 19.0. The summed E-state index contributed by atoms with van der Waals surface area (Å²) in [4.78, 5) is 2.34. The van der Waals surface area contributed by atoms with E-state index in [0.29, 0.717) is 0 Å². The van der Waals surface area contributed by atoms with Crippen molar-refractivity contribution in [3.63, 3.8) is 0 Å². The molecule has 0 aliphatic heterocycles. The molecule has 12 rings (SSSR count). The summed E-state index contributed by atoms with van der Waals surface area (Å²) in [6, 6.07) is 69.1. The predicted octanol–water partition coefficient (Wildman–Crippen LogP) is 14.9. The summed E-state index contributed by atoms with van der Waals surface area (Å²) in [6.07, 6.45) is 0. The summed E-state index contributed by atoms with van der Waals surface area (Å²) in [5.74, 6) is 0. The fourth-order valence-electron chi connectivity index (χ4n) is 8.81. The molecule has 3 aromatic heterocycles. The number of furan rings is 2. The topological polar surface area (TPSA) is 34.5 Å². The van der Waals surface area contributed by atoms with Crippen molar-refractivity contribution in [2.75, 3.05) is 4.90 Å². The average Bonchev–Trinajstić information content (AvgIpc) is 3.93. The monoisotopic (exact) mass is 716 g/mol. The molecule has 0 fully saturated rings. The summed E-state index contributed by atoms with van der Waals surface area (Å²) in [7, 11) is 0. The Morgan fingerprint density at radius 2 is 0.964 bits per heavy atom. The molecule has 0 spiro atoms. The third-order valence-corrected chi connectivity index (χ3v) is 11.4. The molecule has 4 heteroatoms. The first-order valence-corrected chi connectivity index (χ1v) is 19.0. The maximum absolute atomic E-state index is 6.52. The van der Waals surface area contributed by atoms with Crippen LogP contribution in [0.25, 0.3) is 93.3 Å². The van der Waals surface area contributed by atoms with Gasteiger partial charge in [-0.05, 0) is 83.2 Å². The van der Waals surface area contributed by atoms with Gasteiger partial charge in [-0.25, -0.2) is 0 Å². The van der Waals surface area contributed by atoms with Crippen molar-refractivity contribution >= 4 is 93.5 Å². The van der Waals surface area contributed by atoms with Gasteiger partial charge in [0.1, 0.15) is 16.7 Å². The van der Waals surface area contributed by atoms with E-state index in [1.54, 1.807) is 0 Å². The van der Waals surface area contributed by atoms with Crippen LogP contribution in [0.1, 0.15) is 0 Å². The molecule has 4 nitrogen and oxygen atoms in total. The smallest absolute Gasteiger partial charge is 0.159 e. The molecule has 262 valence electrons. The second-order valence-electron chi connectivity index (χ2n) is 14.5. The number of benzene rings is 9. The molecule has 0 bridgehead atoms. The number of para-hydroxylation sites is 4. The van der Waals surface area contributed by atoms with Crippen LogP contribution >= 0.6 is 0 Å². The Morgan fingerprint density at radius 3 is 1.82 bits per heavy atom. The van der Waals surface area contributed by atoms with E-state index in [9.17, 15) is 0 Å². The Balaban J connectivity index is 0.994. The third kappa shape index (κ3) is 4.60. The first kappa shape index (κ1) is 30.9. The Bertz CT molecular complexity index is 3490. The number of nitrogens with zero attached hydrogens (tertiary/aromatic N) is 2. The van der Waals surface area contributed by atoms with Gasteiger partial charge >= 0.3 is 0 Å². The zero-order valence-electron chi connectivity index (χ0n) is 30.2. The molecule has 56 heavy (non-hydrogen) atoms. The molecule has 0 saturated heterocycles. The van der Waals surface area contributed by atoms with Crippen LogP contribution in [0.5, 0.6) is 0 Å². The second kappa shape index (κ2) is 12.0. The summed E-state index contributed by atoms with van der Waals surface area (Å²) >= 11 is 0. The lowest BCUT2D eigenvalue weighted by Gasteiger charge is -2.27. The number of hydrogen-bond donors (Lipinski definition) is 0. The highest BCUT2D eigenvalue weighted by molar-refractivity contribution is 6.13. The second-order valence-corrected chi connectivity index (χ2v) is 14.5. The first-order chi connectivity index (χ1) is 27.8. The number of rotatable bonds is 5. The Labute approximate surface area is 321 Å². The standard InChI is InChI=1S/C52H32N2O2/c1-2-13-38-34(11-1)12-9-19-45(38)53(37-28-29-42-40-15-4-7-21-49(40)55-51(42)32-37)36-26-23-33(24-27-36)35-25-30-47-44(31-35)39-14-3-6-18-46(39)54(47)48-20-10-17-43-41-16-5-8-22-50(41)56-52(43)48/h1-32H. The van der Waals surface area contributed by atoms with Crippen LogP contribution in [0.15, 0.2) is 203 Å². The van der Waals surface area contributed by atoms with E-state index < -0.39 is 0 Å². The van der Waals surface area contributed by atoms with Crippen molar-refractivity contribution in [3.05, 3.63) is 194 Å². The van der Waals surface area contributed by atoms with Gasteiger partial charge in [0.05, 0.1) is 22.4 Å². The van der Waals surface area contributed by atoms with Crippen LogP contribution in [-0.2, 0) is 0 Å². The van der Waals surface area contributed by atoms with Gasteiger partial charge in [0.25, 0.3) is 0 Å².